The van der Waals surface area contributed by atoms with Gasteiger partial charge in [0.1, 0.15) is 19.3 Å². The van der Waals surface area contributed by atoms with Crippen molar-refractivity contribution in [3.05, 3.63) is 48.6 Å². The molecule has 0 radical (unpaired) electrons. The summed E-state index contributed by atoms with van der Waals surface area (Å²) < 4.78 is 68.4. The smallest absolute Gasteiger partial charge is 0.462 e. The molecule has 19 heteroatoms. The largest absolute Gasteiger partial charge is 0.472 e. The van der Waals surface area contributed by atoms with Gasteiger partial charge in [0.05, 0.1) is 26.4 Å². The van der Waals surface area contributed by atoms with Crippen molar-refractivity contribution in [2.75, 3.05) is 39.6 Å². The van der Waals surface area contributed by atoms with Crippen LogP contribution in [0, 0.1) is 0 Å². The van der Waals surface area contributed by atoms with Crippen molar-refractivity contribution in [2.24, 2.45) is 0 Å². The molecule has 0 heterocycles. The molecule has 0 amide bonds. The first-order valence-corrected chi connectivity index (χ1v) is 40.9. The van der Waals surface area contributed by atoms with Crippen molar-refractivity contribution in [1.29, 1.82) is 0 Å². The van der Waals surface area contributed by atoms with E-state index in [0.29, 0.717) is 25.7 Å². The van der Waals surface area contributed by atoms with Crippen molar-refractivity contribution < 1.29 is 80.2 Å². The van der Waals surface area contributed by atoms with E-state index in [0.717, 1.165) is 141 Å². The summed E-state index contributed by atoms with van der Waals surface area (Å²) in [6.07, 6.45) is 63.8. The molecule has 0 aromatic rings. The van der Waals surface area contributed by atoms with E-state index in [1.54, 1.807) is 0 Å². The van der Waals surface area contributed by atoms with Crippen molar-refractivity contribution >= 4 is 39.5 Å². The van der Waals surface area contributed by atoms with Gasteiger partial charge in [-0.1, -0.05) is 263 Å². The van der Waals surface area contributed by atoms with Gasteiger partial charge in [-0.25, -0.2) is 9.13 Å². The second kappa shape index (κ2) is 68.5. The highest BCUT2D eigenvalue weighted by molar-refractivity contribution is 7.47. The predicted molar refractivity (Wildman–Crippen MR) is 381 cm³/mol. The first-order valence-electron chi connectivity index (χ1n) is 37.9. The van der Waals surface area contributed by atoms with E-state index in [1.807, 2.05) is 0 Å². The van der Waals surface area contributed by atoms with Crippen molar-refractivity contribution in [3.8, 4) is 0 Å². The minimum atomic E-state index is -4.97. The van der Waals surface area contributed by atoms with Crippen LogP contribution in [-0.4, -0.2) is 96.7 Å². The van der Waals surface area contributed by atoms with Gasteiger partial charge in [-0.05, 0) is 109 Å². The van der Waals surface area contributed by atoms with Crippen LogP contribution < -0.4 is 0 Å². The quantitative estimate of drug-likeness (QED) is 0.0169. The van der Waals surface area contributed by atoms with Gasteiger partial charge in [0.25, 0.3) is 0 Å². The first-order chi connectivity index (χ1) is 45.7. The molecule has 94 heavy (non-hydrogen) atoms. The van der Waals surface area contributed by atoms with Crippen LogP contribution in [-0.2, 0) is 65.4 Å². The molecule has 0 aliphatic heterocycles. The second-order valence-corrected chi connectivity index (χ2v) is 28.5. The minimum absolute atomic E-state index is 0.0862. The third-order valence-electron chi connectivity index (χ3n) is 16.3. The Hall–Kier alpha value is -2.98. The number of hydrogen-bond acceptors (Lipinski definition) is 15. The molecular formula is C75H138O17P2. The minimum Gasteiger partial charge on any atom is -0.462 e. The van der Waals surface area contributed by atoms with Crippen LogP contribution in [0.4, 0.5) is 0 Å². The number of carbonyl (C=O) groups is 4. The highest BCUT2D eigenvalue weighted by atomic mass is 31.2. The first kappa shape index (κ1) is 91.0. The van der Waals surface area contributed by atoms with Crippen molar-refractivity contribution in [1.82, 2.24) is 0 Å². The highest BCUT2D eigenvalue weighted by Gasteiger charge is 2.30. The van der Waals surface area contributed by atoms with Gasteiger partial charge in [0, 0.05) is 25.7 Å². The normalized spacial score (nSPS) is 14.2. The molecule has 0 aromatic carbocycles. The second-order valence-electron chi connectivity index (χ2n) is 25.6. The van der Waals surface area contributed by atoms with Crippen LogP contribution in [0.15, 0.2) is 48.6 Å². The number of esters is 4. The maximum absolute atomic E-state index is 13.0. The number of carbonyl (C=O) groups excluding carboxylic acids is 4. The summed E-state index contributed by atoms with van der Waals surface area (Å²) >= 11 is 0. The maximum atomic E-state index is 13.0. The van der Waals surface area contributed by atoms with Crippen molar-refractivity contribution in [2.45, 2.75) is 367 Å². The van der Waals surface area contributed by atoms with Gasteiger partial charge in [0.2, 0.25) is 0 Å². The number of allylic oxidation sites excluding steroid dienone is 8. The van der Waals surface area contributed by atoms with Crippen LogP contribution in [0.2, 0.25) is 0 Å². The highest BCUT2D eigenvalue weighted by Crippen LogP contribution is 2.45. The summed E-state index contributed by atoms with van der Waals surface area (Å²) in [6, 6.07) is 0. The zero-order chi connectivity index (χ0) is 69.0. The summed E-state index contributed by atoms with van der Waals surface area (Å²) in [4.78, 5) is 72.7. The summed E-state index contributed by atoms with van der Waals surface area (Å²) in [5.41, 5.74) is 0. The van der Waals surface area contributed by atoms with Gasteiger partial charge < -0.3 is 33.8 Å². The van der Waals surface area contributed by atoms with E-state index in [2.05, 4.69) is 76.3 Å². The van der Waals surface area contributed by atoms with Gasteiger partial charge in [-0.2, -0.15) is 0 Å². The van der Waals surface area contributed by atoms with Gasteiger partial charge in [0.15, 0.2) is 12.2 Å². The lowest BCUT2D eigenvalue weighted by Crippen LogP contribution is -2.30. The summed E-state index contributed by atoms with van der Waals surface area (Å²) in [7, 11) is -9.93. The van der Waals surface area contributed by atoms with Crippen LogP contribution >= 0.6 is 15.6 Å². The standard InChI is InChI=1S/C75H138O17P2/c1-5-9-13-17-21-25-29-33-34-38-40-44-48-52-56-60-73(78)86-66-71(92-75(80)62-58-54-50-46-42-37-32-28-24-20-16-12-8-4)68-90-94(83,84)88-64-69(76)63-87-93(81,82)89-67-70(91-74(79)61-57-53-49-45-41-36-31-27-23-19-15-11-7-3)65-85-72(77)59-55-51-47-43-39-35-30-26-22-18-14-10-6-2/h21,25,27-28,31-34,69-71,76H,5-20,22-24,26,29-30,35-68H2,1-4H3,(H,81,82)(H,83,84)/b25-21-,31-27-,32-28-,34-33-/t69-,70+,71+/m0/s1. The number of aliphatic hydroxyl groups excluding tert-OH is 1. The monoisotopic (exact) mass is 1370 g/mol. The topological polar surface area (TPSA) is 237 Å². The molecule has 550 valence electrons. The number of phosphoric ester groups is 2. The lowest BCUT2D eigenvalue weighted by Gasteiger charge is -2.21. The molecule has 0 saturated heterocycles. The SMILES string of the molecule is CCCCC/C=C\C/C=C\CCCCCCCC(=O)OC[C@H](COP(=O)(O)OC[C@@H](O)COP(=O)(O)OC[C@@H](COC(=O)CCCCCCCCCCCCCCC)OC(=O)CCCCCCC/C=C\CCCCCC)OC(=O)CCCCCCC/C=C\CCCCCC. The van der Waals surface area contributed by atoms with E-state index < -0.39 is 97.5 Å². The molecule has 2 unspecified atom stereocenters. The van der Waals surface area contributed by atoms with E-state index >= 15 is 0 Å². The number of phosphoric acid groups is 2. The number of aliphatic hydroxyl groups is 1. The molecule has 5 atom stereocenters. The fourth-order valence-corrected chi connectivity index (χ4v) is 12.0. The Bertz CT molecular complexity index is 1980. The number of ether oxygens (including phenoxy) is 4. The molecule has 0 bridgehead atoms. The Morgan fingerprint density at radius 3 is 0.830 bits per heavy atom. The van der Waals surface area contributed by atoms with Crippen molar-refractivity contribution in [3.63, 3.8) is 0 Å². The van der Waals surface area contributed by atoms with E-state index in [9.17, 15) is 43.2 Å². The average molecular weight is 1370 g/mol. The molecule has 3 N–H and O–H groups in total. The third kappa shape index (κ3) is 67.6. The molecule has 0 rings (SSSR count). The fourth-order valence-electron chi connectivity index (χ4n) is 10.4. The zero-order valence-corrected chi connectivity index (χ0v) is 61.7. The van der Waals surface area contributed by atoms with Crippen LogP contribution in [0.5, 0.6) is 0 Å². The predicted octanol–water partition coefficient (Wildman–Crippen LogP) is 21.3. The number of hydrogen-bond donors (Lipinski definition) is 3. The lowest BCUT2D eigenvalue weighted by atomic mass is 10.0. The third-order valence-corrected chi connectivity index (χ3v) is 18.2. The molecule has 0 spiro atoms. The lowest BCUT2D eigenvalue weighted by molar-refractivity contribution is -0.161. The molecular weight excluding hydrogens is 1230 g/mol. The molecule has 0 aromatic heterocycles. The molecule has 0 fully saturated rings. The van der Waals surface area contributed by atoms with Crippen LogP contribution in [0.1, 0.15) is 349 Å². The zero-order valence-electron chi connectivity index (χ0n) is 59.9. The number of rotatable bonds is 72. The molecule has 0 saturated carbocycles. The van der Waals surface area contributed by atoms with Gasteiger partial charge >= 0.3 is 39.5 Å². The summed E-state index contributed by atoms with van der Waals surface area (Å²) in [5.74, 6) is -2.18. The van der Waals surface area contributed by atoms with Crippen LogP contribution in [0.25, 0.3) is 0 Å². The van der Waals surface area contributed by atoms with Gasteiger partial charge in [-0.15, -0.1) is 0 Å². The molecule has 0 aliphatic rings. The Morgan fingerprint density at radius 1 is 0.298 bits per heavy atom. The summed E-state index contributed by atoms with van der Waals surface area (Å²) in [5, 5.41) is 10.6. The maximum Gasteiger partial charge on any atom is 0.472 e. The molecule has 17 nitrogen and oxygen atoms in total. The fraction of sp³-hybridized carbons (Fsp3) is 0.840. The van der Waals surface area contributed by atoms with E-state index in [4.69, 9.17) is 37.0 Å². The van der Waals surface area contributed by atoms with Gasteiger partial charge in [-0.3, -0.25) is 37.3 Å². The Balaban J connectivity index is 5.32. The Labute approximate surface area is 572 Å². The average Bonchev–Trinajstić information content (AvgIpc) is 1.67. The van der Waals surface area contributed by atoms with E-state index in [-0.39, 0.29) is 25.7 Å². The number of unbranched alkanes of at least 4 members (excludes halogenated alkanes) is 38. The Kier molecular flexibility index (Phi) is 66.4. The van der Waals surface area contributed by atoms with E-state index in [1.165, 1.54) is 128 Å². The Morgan fingerprint density at radius 2 is 0.521 bits per heavy atom. The summed E-state index contributed by atoms with van der Waals surface area (Å²) in [6.45, 7) is 4.83. The molecule has 0 aliphatic carbocycles. The van der Waals surface area contributed by atoms with Crippen LogP contribution in [0.3, 0.4) is 0 Å².